The van der Waals surface area contributed by atoms with Crippen LogP contribution in [0.2, 0.25) is 0 Å². The van der Waals surface area contributed by atoms with Crippen molar-refractivity contribution in [2.45, 2.75) is 46.2 Å². The van der Waals surface area contributed by atoms with Crippen LogP contribution in [-0.4, -0.2) is 23.5 Å². The molecule has 1 aromatic heterocycles. The highest BCUT2D eigenvalue weighted by Gasteiger charge is 2.04. The third-order valence-electron chi connectivity index (χ3n) is 2.42. The predicted octanol–water partition coefficient (Wildman–Crippen LogP) is 1.85. The van der Waals surface area contributed by atoms with Crippen LogP contribution in [-0.2, 0) is 11.3 Å². The van der Waals surface area contributed by atoms with Crippen molar-refractivity contribution in [1.29, 1.82) is 0 Å². The Morgan fingerprint density at radius 3 is 2.88 bits per heavy atom. The summed E-state index contributed by atoms with van der Waals surface area (Å²) in [6, 6.07) is 0.484. The highest BCUT2D eigenvalue weighted by Crippen LogP contribution is 2.11. The van der Waals surface area contributed by atoms with Crippen molar-refractivity contribution in [2.24, 2.45) is 0 Å². The summed E-state index contributed by atoms with van der Waals surface area (Å²) in [6.07, 6.45) is 1.46. The van der Waals surface area contributed by atoms with Gasteiger partial charge in [-0.15, -0.1) is 11.3 Å². The van der Waals surface area contributed by atoms with E-state index in [1.165, 1.54) is 0 Å². The molecule has 0 fully saturated rings. The zero-order valence-electron chi connectivity index (χ0n) is 10.7. The van der Waals surface area contributed by atoms with Crippen LogP contribution in [0.15, 0.2) is 5.51 Å². The summed E-state index contributed by atoms with van der Waals surface area (Å²) in [5.41, 5.74) is 2.82. The van der Waals surface area contributed by atoms with Gasteiger partial charge < -0.3 is 10.6 Å². The molecule has 0 aliphatic carbocycles. The van der Waals surface area contributed by atoms with Crippen LogP contribution in [0.25, 0.3) is 0 Å². The third kappa shape index (κ3) is 5.79. The van der Waals surface area contributed by atoms with E-state index >= 15 is 0 Å². The molecular weight excluding hydrogens is 234 g/mol. The molecule has 5 heteroatoms. The van der Waals surface area contributed by atoms with Crippen molar-refractivity contribution in [3.05, 3.63) is 16.1 Å². The van der Waals surface area contributed by atoms with Crippen LogP contribution in [0, 0.1) is 6.92 Å². The van der Waals surface area contributed by atoms with Gasteiger partial charge in [0, 0.05) is 17.3 Å². The van der Waals surface area contributed by atoms with Gasteiger partial charge in [0.15, 0.2) is 0 Å². The number of hydrogen-bond acceptors (Lipinski definition) is 4. The Morgan fingerprint density at radius 1 is 1.53 bits per heavy atom. The Morgan fingerprint density at radius 2 is 2.29 bits per heavy atom. The minimum Gasteiger partial charge on any atom is -0.351 e. The highest BCUT2D eigenvalue weighted by atomic mass is 32.1. The number of aryl methyl sites for hydroxylation is 1. The number of amides is 1. The van der Waals surface area contributed by atoms with Gasteiger partial charge in [0.1, 0.15) is 0 Å². The van der Waals surface area contributed by atoms with Gasteiger partial charge in [-0.05, 0) is 19.9 Å². The first-order valence-electron chi connectivity index (χ1n) is 5.98. The standard InChI is InChI=1S/C12H21N3OS/c1-9(2)13-6-4-5-12(16)14-7-11-10(3)15-8-17-11/h8-9,13H,4-7H2,1-3H3,(H,14,16). The largest absolute Gasteiger partial charge is 0.351 e. The summed E-state index contributed by atoms with van der Waals surface area (Å²) in [5.74, 6) is 0.114. The second-order valence-electron chi connectivity index (χ2n) is 4.35. The molecule has 2 N–H and O–H groups in total. The van der Waals surface area contributed by atoms with Crippen molar-refractivity contribution >= 4 is 17.2 Å². The van der Waals surface area contributed by atoms with Gasteiger partial charge in [-0.3, -0.25) is 4.79 Å². The smallest absolute Gasteiger partial charge is 0.220 e. The quantitative estimate of drug-likeness (QED) is 0.731. The minimum absolute atomic E-state index is 0.114. The van der Waals surface area contributed by atoms with E-state index < -0.39 is 0 Å². The lowest BCUT2D eigenvalue weighted by Crippen LogP contribution is -2.27. The molecule has 1 amide bonds. The number of nitrogens with one attached hydrogen (secondary N) is 2. The number of rotatable bonds is 7. The van der Waals surface area contributed by atoms with E-state index in [0.717, 1.165) is 23.5 Å². The van der Waals surface area contributed by atoms with Gasteiger partial charge in [0.05, 0.1) is 17.7 Å². The van der Waals surface area contributed by atoms with Crippen LogP contribution in [0.5, 0.6) is 0 Å². The maximum atomic E-state index is 11.5. The lowest BCUT2D eigenvalue weighted by Gasteiger charge is -2.07. The first-order valence-corrected chi connectivity index (χ1v) is 6.86. The van der Waals surface area contributed by atoms with Crippen molar-refractivity contribution < 1.29 is 4.79 Å². The van der Waals surface area contributed by atoms with Gasteiger partial charge >= 0.3 is 0 Å². The lowest BCUT2D eigenvalue weighted by molar-refractivity contribution is -0.121. The number of thiazole rings is 1. The van der Waals surface area contributed by atoms with E-state index in [0.29, 0.717) is 19.0 Å². The Kier molecular flexibility index (Phi) is 6.15. The molecule has 0 unspecified atom stereocenters. The molecule has 0 aliphatic rings. The Balaban J connectivity index is 2.11. The van der Waals surface area contributed by atoms with Crippen LogP contribution in [0.1, 0.15) is 37.3 Å². The molecule has 1 aromatic rings. The Hall–Kier alpha value is -0.940. The molecule has 4 nitrogen and oxygen atoms in total. The second-order valence-corrected chi connectivity index (χ2v) is 5.29. The molecule has 0 saturated heterocycles. The van der Waals surface area contributed by atoms with Crippen molar-refractivity contribution in [3.63, 3.8) is 0 Å². The topological polar surface area (TPSA) is 54.0 Å². The van der Waals surface area contributed by atoms with E-state index in [2.05, 4.69) is 29.5 Å². The van der Waals surface area contributed by atoms with Gasteiger partial charge in [-0.25, -0.2) is 4.98 Å². The van der Waals surface area contributed by atoms with Gasteiger partial charge in [0.2, 0.25) is 5.91 Å². The molecule has 1 heterocycles. The summed E-state index contributed by atoms with van der Waals surface area (Å²) < 4.78 is 0. The molecule has 0 aromatic carbocycles. The third-order valence-corrected chi connectivity index (χ3v) is 3.36. The highest BCUT2D eigenvalue weighted by molar-refractivity contribution is 7.09. The molecule has 0 atom stereocenters. The molecular formula is C12H21N3OS. The van der Waals surface area contributed by atoms with Crippen LogP contribution in [0.4, 0.5) is 0 Å². The molecule has 0 bridgehead atoms. The zero-order valence-corrected chi connectivity index (χ0v) is 11.6. The SMILES string of the molecule is Cc1ncsc1CNC(=O)CCCNC(C)C. The average molecular weight is 255 g/mol. The Labute approximate surface area is 107 Å². The number of aromatic nitrogens is 1. The van der Waals surface area contributed by atoms with Gasteiger partial charge in [-0.1, -0.05) is 13.8 Å². The van der Waals surface area contributed by atoms with E-state index in [9.17, 15) is 4.79 Å². The summed E-state index contributed by atoms with van der Waals surface area (Å²) in [6.45, 7) is 7.67. The van der Waals surface area contributed by atoms with E-state index in [4.69, 9.17) is 0 Å². The lowest BCUT2D eigenvalue weighted by atomic mass is 10.2. The minimum atomic E-state index is 0.114. The van der Waals surface area contributed by atoms with Crippen LogP contribution in [0.3, 0.4) is 0 Å². The van der Waals surface area contributed by atoms with Crippen molar-refractivity contribution in [3.8, 4) is 0 Å². The van der Waals surface area contributed by atoms with Crippen LogP contribution >= 0.6 is 11.3 Å². The predicted molar refractivity (Wildman–Crippen MR) is 71.1 cm³/mol. The molecule has 17 heavy (non-hydrogen) atoms. The number of hydrogen-bond donors (Lipinski definition) is 2. The first kappa shape index (κ1) is 14.1. The fourth-order valence-corrected chi connectivity index (χ4v) is 2.12. The summed E-state index contributed by atoms with van der Waals surface area (Å²) >= 11 is 1.59. The Bertz CT molecular complexity index is 349. The van der Waals surface area contributed by atoms with Crippen molar-refractivity contribution in [2.75, 3.05) is 6.54 Å². The molecule has 96 valence electrons. The first-order chi connectivity index (χ1) is 8.09. The number of carbonyl (C=O) groups is 1. The zero-order chi connectivity index (χ0) is 12.7. The molecule has 1 rings (SSSR count). The number of carbonyl (C=O) groups excluding carboxylic acids is 1. The molecule has 0 saturated carbocycles. The second kappa shape index (κ2) is 7.40. The summed E-state index contributed by atoms with van der Waals surface area (Å²) in [7, 11) is 0. The van der Waals surface area contributed by atoms with Gasteiger partial charge in [0.25, 0.3) is 0 Å². The average Bonchev–Trinajstić information content (AvgIpc) is 2.67. The van der Waals surface area contributed by atoms with E-state index in [-0.39, 0.29) is 5.91 Å². The molecule has 0 spiro atoms. The van der Waals surface area contributed by atoms with Crippen molar-refractivity contribution in [1.82, 2.24) is 15.6 Å². The summed E-state index contributed by atoms with van der Waals surface area (Å²) in [5, 5.41) is 6.21. The molecule has 0 radical (unpaired) electrons. The fraction of sp³-hybridized carbons (Fsp3) is 0.667. The maximum Gasteiger partial charge on any atom is 0.220 e. The fourth-order valence-electron chi connectivity index (χ4n) is 1.40. The normalized spacial score (nSPS) is 10.8. The van der Waals surface area contributed by atoms with E-state index in [1.54, 1.807) is 11.3 Å². The number of nitrogens with zero attached hydrogens (tertiary/aromatic N) is 1. The van der Waals surface area contributed by atoms with Gasteiger partial charge in [-0.2, -0.15) is 0 Å². The monoisotopic (exact) mass is 255 g/mol. The van der Waals surface area contributed by atoms with E-state index in [1.807, 2.05) is 12.4 Å². The van der Waals surface area contributed by atoms with Crippen LogP contribution < -0.4 is 10.6 Å². The summed E-state index contributed by atoms with van der Waals surface area (Å²) in [4.78, 5) is 16.8. The maximum absolute atomic E-state index is 11.5. The molecule has 0 aliphatic heterocycles.